The standard InChI is InChI=1S/C13H16Cl2O.2C2H6/c1-9(2)3-5-11(16)7-10-4-6-12(14)13(15)8-10;2*1-2/h4,6,8-9H,3,5,7H2,1-2H3;2*1-2H3. The molecule has 1 nitrogen and oxygen atoms in total. The van der Waals surface area contributed by atoms with E-state index in [0.29, 0.717) is 28.8 Å². The molecule has 1 rings (SSSR count). The van der Waals surface area contributed by atoms with Gasteiger partial charge in [0, 0.05) is 12.8 Å². The molecule has 116 valence electrons. The second-order valence-corrected chi connectivity index (χ2v) is 5.21. The molecular formula is C17H28Cl2O. The van der Waals surface area contributed by atoms with Crippen molar-refractivity contribution < 1.29 is 4.79 Å². The number of rotatable bonds is 5. The number of carbonyl (C=O) groups excluding carboxylic acids is 1. The van der Waals surface area contributed by atoms with Crippen LogP contribution in [0.3, 0.4) is 0 Å². The van der Waals surface area contributed by atoms with Crippen molar-refractivity contribution in [2.24, 2.45) is 5.92 Å². The number of hydrogen-bond acceptors (Lipinski definition) is 1. The summed E-state index contributed by atoms with van der Waals surface area (Å²) >= 11 is 11.7. The van der Waals surface area contributed by atoms with E-state index in [4.69, 9.17) is 23.2 Å². The van der Waals surface area contributed by atoms with Gasteiger partial charge >= 0.3 is 0 Å². The molecule has 0 saturated carbocycles. The van der Waals surface area contributed by atoms with Gasteiger partial charge in [-0.1, -0.05) is 70.8 Å². The van der Waals surface area contributed by atoms with E-state index in [1.165, 1.54) is 0 Å². The summed E-state index contributed by atoms with van der Waals surface area (Å²) in [6.07, 6.45) is 2.03. The summed E-state index contributed by atoms with van der Waals surface area (Å²) in [7, 11) is 0. The molecule has 1 aromatic rings. The van der Waals surface area contributed by atoms with Crippen molar-refractivity contribution in [3.8, 4) is 0 Å². The van der Waals surface area contributed by atoms with Crippen LogP contribution in [0.2, 0.25) is 10.0 Å². The third-order valence-electron chi connectivity index (χ3n) is 2.39. The molecule has 0 saturated heterocycles. The van der Waals surface area contributed by atoms with Gasteiger partial charge in [0.15, 0.2) is 0 Å². The molecule has 0 atom stereocenters. The van der Waals surface area contributed by atoms with Crippen molar-refractivity contribution in [1.82, 2.24) is 0 Å². The highest BCUT2D eigenvalue weighted by Crippen LogP contribution is 2.23. The average molecular weight is 319 g/mol. The van der Waals surface area contributed by atoms with Crippen LogP contribution in [0.1, 0.15) is 59.9 Å². The predicted octanol–water partition coefficient (Wildman–Crippen LogP) is 6.59. The normalized spacial score (nSPS) is 9.25. The lowest BCUT2D eigenvalue weighted by Crippen LogP contribution is -2.04. The Bertz CT molecular complexity index is 373. The molecule has 0 aliphatic carbocycles. The first kappa shape index (κ1) is 21.8. The van der Waals surface area contributed by atoms with E-state index in [-0.39, 0.29) is 5.78 Å². The van der Waals surface area contributed by atoms with Gasteiger partial charge in [-0.15, -0.1) is 0 Å². The van der Waals surface area contributed by atoms with E-state index < -0.39 is 0 Å². The first-order valence-corrected chi connectivity index (χ1v) is 8.20. The van der Waals surface area contributed by atoms with Gasteiger partial charge in [0.2, 0.25) is 0 Å². The number of hydrogen-bond donors (Lipinski definition) is 0. The molecule has 0 amide bonds. The molecule has 0 aromatic heterocycles. The minimum Gasteiger partial charge on any atom is -0.299 e. The van der Waals surface area contributed by atoms with Crippen molar-refractivity contribution >= 4 is 29.0 Å². The minimum absolute atomic E-state index is 0.257. The highest BCUT2D eigenvalue weighted by Gasteiger charge is 2.06. The molecule has 0 radical (unpaired) electrons. The van der Waals surface area contributed by atoms with E-state index >= 15 is 0 Å². The molecule has 0 heterocycles. The van der Waals surface area contributed by atoms with E-state index in [1.54, 1.807) is 12.1 Å². The molecule has 20 heavy (non-hydrogen) atoms. The third-order valence-corrected chi connectivity index (χ3v) is 3.12. The molecule has 0 aliphatic rings. The van der Waals surface area contributed by atoms with Crippen molar-refractivity contribution in [2.75, 3.05) is 0 Å². The molecule has 0 bridgehead atoms. The topological polar surface area (TPSA) is 17.1 Å². The number of Topliss-reactive ketones (excluding diaryl/α,β-unsaturated/α-hetero) is 1. The maximum atomic E-state index is 11.6. The summed E-state index contributed by atoms with van der Waals surface area (Å²) in [6, 6.07) is 5.34. The Balaban J connectivity index is 0. The Kier molecular flexibility index (Phi) is 14.6. The fraction of sp³-hybridized carbons (Fsp3) is 0.588. The summed E-state index contributed by atoms with van der Waals surface area (Å²) < 4.78 is 0. The zero-order valence-corrected chi connectivity index (χ0v) is 15.1. The van der Waals surface area contributed by atoms with Gasteiger partial charge in [0.05, 0.1) is 10.0 Å². The van der Waals surface area contributed by atoms with E-state index in [9.17, 15) is 4.79 Å². The van der Waals surface area contributed by atoms with Gasteiger partial charge in [0.1, 0.15) is 5.78 Å². The molecule has 0 fully saturated rings. The Morgan fingerprint density at radius 1 is 1.05 bits per heavy atom. The van der Waals surface area contributed by atoms with Crippen LogP contribution in [0.5, 0.6) is 0 Å². The zero-order chi connectivity index (χ0) is 16.1. The van der Waals surface area contributed by atoms with Crippen molar-refractivity contribution in [2.45, 2.75) is 60.8 Å². The van der Waals surface area contributed by atoms with Crippen LogP contribution in [0.15, 0.2) is 18.2 Å². The molecule has 0 aliphatic heterocycles. The fourth-order valence-corrected chi connectivity index (χ4v) is 1.74. The van der Waals surface area contributed by atoms with E-state index in [1.807, 2.05) is 33.8 Å². The molecule has 3 heteroatoms. The second-order valence-electron chi connectivity index (χ2n) is 4.40. The second kappa shape index (κ2) is 13.5. The molecule has 0 unspecified atom stereocenters. The largest absolute Gasteiger partial charge is 0.299 e. The van der Waals surface area contributed by atoms with Gasteiger partial charge in [-0.25, -0.2) is 0 Å². The van der Waals surface area contributed by atoms with E-state index in [2.05, 4.69) is 13.8 Å². The van der Waals surface area contributed by atoms with Gasteiger partial charge in [-0.2, -0.15) is 0 Å². The lowest BCUT2D eigenvalue weighted by molar-refractivity contribution is -0.118. The SMILES string of the molecule is CC.CC.CC(C)CCC(=O)Cc1ccc(Cl)c(Cl)c1. The third kappa shape index (κ3) is 10.3. The minimum atomic E-state index is 0.257. The van der Waals surface area contributed by atoms with Crippen LogP contribution < -0.4 is 0 Å². The van der Waals surface area contributed by atoms with Crippen LogP contribution in [0.4, 0.5) is 0 Å². The highest BCUT2D eigenvalue weighted by atomic mass is 35.5. The number of carbonyl (C=O) groups is 1. The smallest absolute Gasteiger partial charge is 0.137 e. The summed E-state index contributed by atoms with van der Waals surface area (Å²) in [5.74, 6) is 0.824. The number of benzene rings is 1. The van der Waals surface area contributed by atoms with Crippen LogP contribution in [0, 0.1) is 5.92 Å². The monoisotopic (exact) mass is 318 g/mol. The first-order valence-electron chi connectivity index (χ1n) is 7.44. The maximum absolute atomic E-state index is 11.6. The van der Waals surface area contributed by atoms with Crippen LogP contribution in [-0.2, 0) is 11.2 Å². The van der Waals surface area contributed by atoms with E-state index in [0.717, 1.165) is 12.0 Å². The summed E-state index contributed by atoms with van der Waals surface area (Å²) in [5.41, 5.74) is 0.933. The summed E-state index contributed by atoms with van der Waals surface area (Å²) in [5, 5.41) is 1.04. The van der Waals surface area contributed by atoms with Crippen LogP contribution in [0.25, 0.3) is 0 Å². The number of halogens is 2. The van der Waals surface area contributed by atoms with Crippen LogP contribution >= 0.6 is 23.2 Å². The fourth-order valence-electron chi connectivity index (χ4n) is 1.42. The Labute approximate surface area is 134 Å². The van der Waals surface area contributed by atoms with Gasteiger partial charge in [0.25, 0.3) is 0 Å². The quantitative estimate of drug-likeness (QED) is 0.598. The lowest BCUT2D eigenvalue weighted by Gasteiger charge is -2.05. The molecule has 0 N–H and O–H groups in total. The Morgan fingerprint density at radius 3 is 2.05 bits per heavy atom. The Hall–Kier alpha value is -0.530. The lowest BCUT2D eigenvalue weighted by atomic mass is 10.0. The van der Waals surface area contributed by atoms with Crippen molar-refractivity contribution in [1.29, 1.82) is 0 Å². The van der Waals surface area contributed by atoms with Crippen LogP contribution in [-0.4, -0.2) is 5.78 Å². The molecular weight excluding hydrogens is 291 g/mol. The van der Waals surface area contributed by atoms with Crippen molar-refractivity contribution in [3.63, 3.8) is 0 Å². The zero-order valence-electron chi connectivity index (χ0n) is 13.6. The Morgan fingerprint density at radius 2 is 1.60 bits per heavy atom. The molecule has 1 aromatic carbocycles. The highest BCUT2D eigenvalue weighted by molar-refractivity contribution is 6.42. The summed E-state index contributed by atoms with van der Waals surface area (Å²) in [6.45, 7) is 12.2. The average Bonchev–Trinajstić information content (AvgIpc) is 2.45. The van der Waals surface area contributed by atoms with Gasteiger partial charge < -0.3 is 0 Å². The number of ketones is 1. The summed E-state index contributed by atoms with van der Waals surface area (Å²) in [4.78, 5) is 11.6. The van der Waals surface area contributed by atoms with Gasteiger partial charge in [-0.05, 0) is 30.0 Å². The van der Waals surface area contributed by atoms with Gasteiger partial charge in [-0.3, -0.25) is 4.79 Å². The predicted molar refractivity (Wildman–Crippen MR) is 91.9 cm³/mol. The molecule has 0 spiro atoms. The first-order chi connectivity index (χ1) is 9.49. The maximum Gasteiger partial charge on any atom is 0.137 e. The van der Waals surface area contributed by atoms with Crippen molar-refractivity contribution in [3.05, 3.63) is 33.8 Å².